The number of aliphatic carboxylic acids is 1. The van der Waals surface area contributed by atoms with Gasteiger partial charge in [0.15, 0.2) is 0 Å². The number of carbonyl (C=O) groups is 2. The van der Waals surface area contributed by atoms with Crippen LogP contribution in [0.1, 0.15) is 38.5 Å². The van der Waals surface area contributed by atoms with Crippen LogP contribution >= 0.6 is 0 Å². The lowest BCUT2D eigenvalue weighted by atomic mass is 9.94. The molecule has 1 aliphatic rings. The summed E-state index contributed by atoms with van der Waals surface area (Å²) >= 11 is 0. The van der Waals surface area contributed by atoms with Gasteiger partial charge in [-0.15, -0.1) is 0 Å². The van der Waals surface area contributed by atoms with Crippen molar-refractivity contribution in [2.45, 2.75) is 38.5 Å². The summed E-state index contributed by atoms with van der Waals surface area (Å²) in [6.07, 6.45) is 4.70. The van der Waals surface area contributed by atoms with Crippen molar-refractivity contribution in [3.63, 3.8) is 0 Å². The third-order valence-corrected chi connectivity index (χ3v) is 3.43. The van der Waals surface area contributed by atoms with E-state index >= 15 is 0 Å². The Morgan fingerprint density at radius 2 is 1.94 bits per heavy atom. The maximum Gasteiger partial charge on any atom is 0.305 e. The highest BCUT2D eigenvalue weighted by Crippen LogP contribution is 2.20. The van der Waals surface area contributed by atoms with Crippen molar-refractivity contribution in [3.8, 4) is 0 Å². The zero-order chi connectivity index (χ0) is 13.4. The number of hydrogen-bond donors (Lipinski definition) is 1. The topological polar surface area (TPSA) is 66.8 Å². The highest BCUT2D eigenvalue weighted by Gasteiger charge is 2.15. The largest absolute Gasteiger partial charge is 0.481 e. The van der Waals surface area contributed by atoms with E-state index in [-0.39, 0.29) is 12.3 Å². The van der Waals surface area contributed by atoms with Gasteiger partial charge >= 0.3 is 5.97 Å². The zero-order valence-electron chi connectivity index (χ0n) is 11.1. The Labute approximate surface area is 108 Å². The fraction of sp³-hybridized carbons (Fsp3) is 0.846. The third kappa shape index (κ3) is 6.00. The lowest BCUT2D eigenvalue weighted by molar-refractivity contribution is -0.138. The first-order chi connectivity index (χ1) is 8.59. The lowest BCUT2D eigenvalue weighted by Crippen LogP contribution is -2.29. The Bertz CT molecular complexity index is 274. The fourth-order valence-electron chi connectivity index (χ4n) is 2.16. The smallest absolute Gasteiger partial charge is 0.305 e. The third-order valence-electron chi connectivity index (χ3n) is 3.43. The van der Waals surface area contributed by atoms with E-state index in [1.807, 2.05) is 0 Å². The molecule has 0 atom stereocenters. The maximum atomic E-state index is 11.7. The van der Waals surface area contributed by atoms with Crippen molar-refractivity contribution in [2.24, 2.45) is 5.92 Å². The van der Waals surface area contributed by atoms with E-state index in [1.165, 1.54) is 4.90 Å². The first-order valence-corrected chi connectivity index (χ1v) is 6.63. The van der Waals surface area contributed by atoms with Crippen LogP contribution in [-0.2, 0) is 14.3 Å². The first-order valence-electron chi connectivity index (χ1n) is 6.63. The molecule has 1 aliphatic heterocycles. The van der Waals surface area contributed by atoms with Crippen LogP contribution in [0.15, 0.2) is 0 Å². The number of hydrogen-bond acceptors (Lipinski definition) is 3. The molecule has 0 aromatic carbocycles. The number of amides is 1. The van der Waals surface area contributed by atoms with E-state index in [4.69, 9.17) is 9.84 Å². The van der Waals surface area contributed by atoms with Crippen LogP contribution in [0.2, 0.25) is 0 Å². The van der Waals surface area contributed by atoms with Crippen LogP contribution in [0, 0.1) is 5.92 Å². The second-order valence-corrected chi connectivity index (χ2v) is 4.91. The van der Waals surface area contributed by atoms with Crippen LogP contribution in [-0.4, -0.2) is 48.7 Å². The quantitative estimate of drug-likeness (QED) is 0.751. The van der Waals surface area contributed by atoms with Crippen LogP contribution in [0.25, 0.3) is 0 Å². The van der Waals surface area contributed by atoms with Crippen molar-refractivity contribution in [1.29, 1.82) is 0 Å². The highest BCUT2D eigenvalue weighted by atomic mass is 16.5. The maximum absolute atomic E-state index is 11.7. The van der Waals surface area contributed by atoms with Gasteiger partial charge in [-0.05, 0) is 31.6 Å². The molecule has 0 unspecified atom stereocenters. The average Bonchev–Trinajstić information content (AvgIpc) is 2.37. The summed E-state index contributed by atoms with van der Waals surface area (Å²) in [4.78, 5) is 23.6. The van der Waals surface area contributed by atoms with Crippen molar-refractivity contribution in [3.05, 3.63) is 0 Å². The van der Waals surface area contributed by atoms with Crippen molar-refractivity contribution in [2.75, 3.05) is 26.8 Å². The van der Waals surface area contributed by atoms with Gasteiger partial charge in [0.2, 0.25) is 5.91 Å². The molecule has 1 heterocycles. The molecule has 0 radical (unpaired) electrons. The molecule has 1 fully saturated rings. The Morgan fingerprint density at radius 3 is 2.56 bits per heavy atom. The summed E-state index contributed by atoms with van der Waals surface area (Å²) in [6, 6.07) is 0. The van der Waals surface area contributed by atoms with Crippen LogP contribution in [0.3, 0.4) is 0 Å². The SMILES string of the molecule is CN(CCC(=O)O)C(=O)CCCC1CCOCC1. The molecule has 18 heavy (non-hydrogen) atoms. The standard InChI is InChI=1S/C13H23NO4/c1-14(8-5-13(16)17)12(15)4-2-3-11-6-9-18-10-7-11/h11H,2-10H2,1H3,(H,16,17). The summed E-state index contributed by atoms with van der Waals surface area (Å²) < 4.78 is 5.29. The monoisotopic (exact) mass is 257 g/mol. The van der Waals surface area contributed by atoms with E-state index in [0.29, 0.717) is 18.9 Å². The van der Waals surface area contributed by atoms with Gasteiger partial charge in [0.25, 0.3) is 0 Å². The first kappa shape index (κ1) is 15.0. The second-order valence-electron chi connectivity index (χ2n) is 4.91. The van der Waals surface area contributed by atoms with Gasteiger partial charge in [0.05, 0.1) is 6.42 Å². The molecule has 0 aliphatic carbocycles. The van der Waals surface area contributed by atoms with Gasteiger partial charge in [0, 0.05) is 33.2 Å². The summed E-state index contributed by atoms with van der Waals surface area (Å²) in [5.74, 6) is -0.129. The van der Waals surface area contributed by atoms with E-state index in [0.717, 1.165) is 38.9 Å². The molecule has 0 spiro atoms. The molecule has 0 bridgehead atoms. The highest BCUT2D eigenvalue weighted by molar-refractivity contribution is 5.76. The van der Waals surface area contributed by atoms with Crippen LogP contribution in [0.5, 0.6) is 0 Å². The molecular weight excluding hydrogens is 234 g/mol. The van der Waals surface area contributed by atoms with E-state index < -0.39 is 5.97 Å². The summed E-state index contributed by atoms with van der Waals surface area (Å²) in [5.41, 5.74) is 0. The molecule has 5 heteroatoms. The number of rotatable bonds is 7. The van der Waals surface area contributed by atoms with Gasteiger partial charge in [0.1, 0.15) is 0 Å². The molecule has 1 saturated heterocycles. The van der Waals surface area contributed by atoms with Crippen LogP contribution < -0.4 is 0 Å². The molecule has 0 saturated carbocycles. The Balaban J connectivity index is 2.09. The normalized spacial score (nSPS) is 16.5. The molecular formula is C13H23NO4. The van der Waals surface area contributed by atoms with Crippen molar-refractivity contribution >= 4 is 11.9 Å². The van der Waals surface area contributed by atoms with Crippen molar-refractivity contribution in [1.82, 2.24) is 4.90 Å². The molecule has 1 amide bonds. The Kier molecular flexibility index (Phi) is 6.72. The number of nitrogens with zero attached hydrogens (tertiary/aromatic N) is 1. The summed E-state index contributed by atoms with van der Waals surface area (Å²) in [7, 11) is 1.67. The summed E-state index contributed by atoms with van der Waals surface area (Å²) in [5, 5.41) is 8.54. The summed E-state index contributed by atoms with van der Waals surface area (Å²) in [6.45, 7) is 1.99. The zero-order valence-corrected chi connectivity index (χ0v) is 11.1. The Morgan fingerprint density at radius 1 is 1.28 bits per heavy atom. The minimum atomic E-state index is -0.864. The average molecular weight is 257 g/mol. The number of carbonyl (C=O) groups excluding carboxylic acids is 1. The predicted octanol–water partition coefficient (Wildman–Crippen LogP) is 1.52. The minimum Gasteiger partial charge on any atom is -0.481 e. The van der Waals surface area contributed by atoms with Gasteiger partial charge in [-0.1, -0.05) is 0 Å². The molecule has 1 N–H and O–H groups in total. The van der Waals surface area contributed by atoms with Gasteiger partial charge in [-0.3, -0.25) is 9.59 Å². The van der Waals surface area contributed by atoms with Crippen LogP contribution in [0.4, 0.5) is 0 Å². The van der Waals surface area contributed by atoms with Gasteiger partial charge in [-0.25, -0.2) is 0 Å². The molecule has 0 aromatic rings. The molecule has 1 rings (SSSR count). The van der Waals surface area contributed by atoms with E-state index in [9.17, 15) is 9.59 Å². The molecule has 5 nitrogen and oxygen atoms in total. The number of carboxylic acid groups (broad SMARTS) is 1. The van der Waals surface area contributed by atoms with Gasteiger partial charge in [-0.2, -0.15) is 0 Å². The lowest BCUT2D eigenvalue weighted by Gasteiger charge is -2.22. The predicted molar refractivity (Wildman–Crippen MR) is 67.3 cm³/mol. The van der Waals surface area contributed by atoms with E-state index in [2.05, 4.69) is 0 Å². The minimum absolute atomic E-state index is 0.0161. The van der Waals surface area contributed by atoms with E-state index in [1.54, 1.807) is 7.05 Å². The molecule has 104 valence electrons. The molecule has 0 aromatic heterocycles. The number of ether oxygens (including phenoxy) is 1. The van der Waals surface area contributed by atoms with Crippen molar-refractivity contribution < 1.29 is 19.4 Å². The second kappa shape index (κ2) is 8.08. The van der Waals surface area contributed by atoms with Gasteiger partial charge < -0.3 is 14.7 Å². The number of carboxylic acids is 1. The Hall–Kier alpha value is -1.10. The fourth-order valence-corrected chi connectivity index (χ4v) is 2.16.